The Morgan fingerprint density at radius 1 is 0.968 bits per heavy atom. The molecule has 8 heteroatoms. The number of benzene rings is 2. The molecule has 0 spiro atoms. The Morgan fingerprint density at radius 2 is 1.77 bits per heavy atom. The van der Waals surface area contributed by atoms with Crippen molar-refractivity contribution in [3.8, 4) is 5.75 Å². The van der Waals surface area contributed by atoms with E-state index < -0.39 is 5.63 Å². The van der Waals surface area contributed by atoms with E-state index in [4.69, 9.17) is 13.6 Å². The highest BCUT2D eigenvalue weighted by Gasteiger charge is 2.09. The minimum atomic E-state index is -0.450. The van der Waals surface area contributed by atoms with Crippen LogP contribution in [0.3, 0.4) is 0 Å². The molecule has 8 nitrogen and oxygen atoms in total. The van der Waals surface area contributed by atoms with Crippen molar-refractivity contribution in [2.45, 2.75) is 6.54 Å². The highest BCUT2D eigenvalue weighted by molar-refractivity contribution is 6.02. The summed E-state index contributed by atoms with van der Waals surface area (Å²) >= 11 is 0. The van der Waals surface area contributed by atoms with Gasteiger partial charge < -0.3 is 24.2 Å². The van der Waals surface area contributed by atoms with E-state index in [0.29, 0.717) is 23.6 Å². The first-order valence-corrected chi connectivity index (χ1v) is 9.44. The van der Waals surface area contributed by atoms with Crippen molar-refractivity contribution in [1.29, 1.82) is 0 Å². The number of rotatable bonds is 7. The molecule has 0 aliphatic rings. The summed E-state index contributed by atoms with van der Waals surface area (Å²) in [6.45, 7) is 0.126. The molecule has 156 valence electrons. The Labute approximate surface area is 176 Å². The van der Waals surface area contributed by atoms with Crippen LogP contribution in [-0.2, 0) is 11.3 Å². The topological polar surface area (TPSA) is 111 Å². The normalized spacial score (nSPS) is 10.6. The molecule has 0 aliphatic carbocycles. The average Bonchev–Trinajstić information content (AvgIpc) is 3.32. The molecule has 2 aromatic heterocycles. The SMILES string of the molecule is O=C(COc1ccc2ccc(=O)oc2c1)NCc1ccc(NC(=O)c2ccco2)cc1. The highest BCUT2D eigenvalue weighted by Crippen LogP contribution is 2.19. The lowest BCUT2D eigenvalue weighted by atomic mass is 10.2. The number of hydrogen-bond donors (Lipinski definition) is 2. The molecule has 0 bridgehead atoms. The quantitative estimate of drug-likeness (QED) is 0.446. The second kappa shape index (κ2) is 9.00. The van der Waals surface area contributed by atoms with Gasteiger partial charge in [-0.05, 0) is 48.0 Å². The lowest BCUT2D eigenvalue weighted by Crippen LogP contribution is -2.28. The zero-order valence-electron chi connectivity index (χ0n) is 16.3. The van der Waals surface area contributed by atoms with Crippen LogP contribution in [0.4, 0.5) is 5.69 Å². The molecule has 0 radical (unpaired) electrons. The van der Waals surface area contributed by atoms with Crippen LogP contribution in [-0.4, -0.2) is 18.4 Å². The molecule has 2 aromatic carbocycles. The monoisotopic (exact) mass is 418 g/mol. The van der Waals surface area contributed by atoms with Crippen LogP contribution in [0.25, 0.3) is 11.0 Å². The maximum absolute atomic E-state index is 12.1. The number of ether oxygens (including phenoxy) is 1. The maximum Gasteiger partial charge on any atom is 0.336 e. The first kappa shape index (κ1) is 20.0. The fraction of sp³-hybridized carbons (Fsp3) is 0.0870. The second-order valence-electron chi connectivity index (χ2n) is 6.65. The van der Waals surface area contributed by atoms with E-state index in [0.717, 1.165) is 10.9 Å². The molecule has 0 atom stereocenters. The Morgan fingerprint density at radius 3 is 2.55 bits per heavy atom. The summed E-state index contributed by atoms with van der Waals surface area (Å²) in [5.74, 6) is 0.0134. The van der Waals surface area contributed by atoms with Crippen molar-refractivity contribution in [3.63, 3.8) is 0 Å². The van der Waals surface area contributed by atoms with Crippen LogP contribution in [0.2, 0.25) is 0 Å². The van der Waals surface area contributed by atoms with Crippen molar-refractivity contribution < 1.29 is 23.2 Å². The molecule has 0 aliphatic heterocycles. The molecule has 2 N–H and O–H groups in total. The van der Waals surface area contributed by atoms with Gasteiger partial charge in [0.15, 0.2) is 12.4 Å². The third-order valence-corrected chi connectivity index (χ3v) is 4.41. The zero-order valence-corrected chi connectivity index (χ0v) is 16.3. The van der Waals surface area contributed by atoms with Crippen LogP contribution in [0.5, 0.6) is 5.75 Å². The van der Waals surface area contributed by atoms with E-state index >= 15 is 0 Å². The highest BCUT2D eigenvalue weighted by atomic mass is 16.5. The third-order valence-electron chi connectivity index (χ3n) is 4.41. The lowest BCUT2D eigenvalue weighted by molar-refractivity contribution is -0.123. The van der Waals surface area contributed by atoms with Gasteiger partial charge in [0.1, 0.15) is 11.3 Å². The molecule has 31 heavy (non-hydrogen) atoms. The van der Waals surface area contributed by atoms with Gasteiger partial charge in [-0.25, -0.2) is 4.79 Å². The van der Waals surface area contributed by atoms with Crippen LogP contribution in [0.1, 0.15) is 16.1 Å². The van der Waals surface area contributed by atoms with Gasteiger partial charge in [0.2, 0.25) is 0 Å². The van der Waals surface area contributed by atoms with Crippen molar-refractivity contribution in [3.05, 3.63) is 94.7 Å². The van der Waals surface area contributed by atoms with Crippen molar-refractivity contribution in [2.24, 2.45) is 0 Å². The molecule has 0 saturated heterocycles. The largest absolute Gasteiger partial charge is 0.484 e. The van der Waals surface area contributed by atoms with E-state index in [1.165, 1.54) is 12.3 Å². The second-order valence-corrected chi connectivity index (χ2v) is 6.65. The van der Waals surface area contributed by atoms with Gasteiger partial charge >= 0.3 is 5.63 Å². The van der Waals surface area contributed by atoms with Gasteiger partial charge in [-0.2, -0.15) is 0 Å². The summed E-state index contributed by atoms with van der Waals surface area (Å²) in [7, 11) is 0. The Balaban J connectivity index is 1.26. The number of furan rings is 1. The maximum atomic E-state index is 12.1. The number of carbonyl (C=O) groups excluding carboxylic acids is 2. The van der Waals surface area contributed by atoms with Crippen LogP contribution in [0, 0.1) is 0 Å². The zero-order chi connectivity index (χ0) is 21.6. The van der Waals surface area contributed by atoms with Crippen LogP contribution < -0.4 is 21.0 Å². The van der Waals surface area contributed by atoms with Gasteiger partial charge in [-0.15, -0.1) is 0 Å². The molecule has 4 rings (SSSR count). The summed E-state index contributed by atoms with van der Waals surface area (Å²) in [4.78, 5) is 35.3. The van der Waals surface area contributed by atoms with E-state index in [2.05, 4.69) is 10.6 Å². The van der Waals surface area contributed by atoms with Crippen molar-refractivity contribution in [1.82, 2.24) is 5.32 Å². The van der Waals surface area contributed by atoms with Gasteiger partial charge in [-0.1, -0.05) is 12.1 Å². The number of hydrogen-bond acceptors (Lipinski definition) is 6. The van der Waals surface area contributed by atoms with Gasteiger partial charge in [0.05, 0.1) is 6.26 Å². The molecule has 2 amide bonds. The van der Waals surface area contributed by atoms with E-state index in [1.807, 2.05) is 0 Å². The fourth-order valence-electron chi connectivity index (χ4n) is 2.84. The minimum Gasteiger partial charge on any atom is -0.484 e. The summed E-state index contributed by atoms with van der Waals surface area (Å²) in [5.41, 5.74) is 1.41. The van der Waals surface area contributed by atoms with Crippen molar-refractivity contribution >= 4 is 28.5 Å². The van der Waals surface area contributed by atoms with Gasteiger partial charge in [-0.3, -0.25) is 9.59 Å². The lowest BCUT2D eigenvalue weighted by Gasteiger charge is -2.09. The smallest absolute Gasteiger partial charge is 0.336 e. The minimum absolute atomic E-state index is 0.181. The third kappa shape index (κ3) is 5.18. The Kier molecular flexibility index (Phi) is 5.79. The number of fused-ring (bicyclic) bond motifs is 1. The van der Waals surface area contributed by atoms with E-state index in [-0.39, 0.29) is 24.2 Å². The number of anilines is 1. The molecular weight excluding hydrogens is 400 g/mol. The molecule has 4 aromatic rings. The number of amides is 2. The summed E-state index contributed by atoms with van der Waals surface area (Å²) in [5, 5.41) is 6.25. The molecule has 0 unspecified atom stereocenters. The summed E-state index contributed by atoms with van der Waals surface area (Å²) in [6.07, 6.45) is 1.43. The summed E-state index contributed by atoms with van der Waals surface area (Å²) < 4.78 is 15.6. The first-order valence-electron chi connectivity index (χ1n) is 9.44. The Hall–Kier alpha value is -4.33. The standard InChI is InChI=1S/C23H18N2O6/c26-21(14-30-18-9-5-16-6-10-22(27)31-20(16)12-18)24-13-15-3-7-17(8-4-15)25-23(28)19-2-1-11-29-19/h1-12H,13-14H2,(H,24,26)(H,25,28). The first-order chi connectivity index (χ1) is 15.1. The Bertz CT molecular complexity index is 1260. The molecular formula is C23H18N2O6. The van der Waals surface area contributed by atoms with E-state index in [9.17, 15) is 14.4 Å². The fourth-order valence-corrected chi connectivity index (χ4v) is 2.84. The van der Waals surface area contributed by atoms with Crippen LogP contribution >= 0.6 is 0 Å². The summed E-state index contributed by atoms with van der Waals surface area (Å²) in [6, 6.07) is 18.3. The van der Waals surface area contributed by atoms with Gasteiger partial charge in [0, 0.05) is 29.8 Å². The predicted molar refractivity (Wildman–Crippen MR) is 113 cm³/mol. The number of nitrogens with one attached hydrogen (secondary N) is 2. The van der Waals surface area contributed by atoms with Crippen molar-refractivity contribution in [2.75, 3.05) is 11.9 Å². The number of carbonyl (C=O) groups is 2. The van der Waals surface area contributed by atoms with E-state index in [1.54, 1.807) is 60.7 Å². The molecule has 0 saturated carbocycles. The average molecular weight is 418 g/mol. The van der Waals surface area contributed by atoms with Crippen LogP contribution in [0.15, 0.2) is 86.6 Å². The van der Waals surface area contributed by atoms with Gasteiger partial charge in [0.25, 0.3) is 11.8 Å². The predicted octanol–water partition coefficient (Wildman–Crippen LogP) is 3.33. The molecule has 2 heterocycles. The molecule has 0 fully saturated rings.